The van der Waals surface area contributed by atoms with Crippen LogP contribution in [0, 0.1) is 5.82 Å². The van der Waals surface area contributed by atoms with Gasteiger partial charge in [-0.25, -0.2) is 4.39 Å². The molecule has 0 aromatic heterocycles. The van der Waals surface area contributed by atoms with Gasteiger partial charge in [0.25, 0.3) is 0 Å². The van der Waals surface area contributed by atoms with Gasteiger partial charge in [-0.2, -0.15) is 0 Å². The quantitative estimate of drug-likeness (QED) is 0.542. The zero-order chi connectivity index (χ0) is 21.8. The Balaban J connectivity index is 2.04. The zero-order valence-electron chi connectivity index (χ0n) is 17.8. The number of carbonyl (C=O) groups excluding carboxylic acids is 2. The van der Waals surface area contributed by atoms with E-state index in [0.717, 1.165) is 12.0 Å². The lowest BCUT2D eigenvalue weighted by Crippen LogP contribution is -2.50. The molecule has 0 fully saturated rings. The standard InChI is InChI=1S/C24H31FN2O2S/c1-3-15-26-24(29)22(4-2)27(16-14-19-10-6-5-7-11-19)23(28)18-30-17-20-12-8-9-13-21(20)25/h5-13,22H,3-4,14-18H2,1-2H3,(H,26,29)/t22-/m0/s1. The number of thioether (sulfide) groups is 1. The maximum absolute atomic E-state index is 13.8. The predicted octanol–water partition coefficient (Wildman–Crippen LogP) is 4.44. The molecule has 1 atom stereocenters. The maximum Gasteiger partial charge on any atom is 0.242 e. The van der Waals surface area contributed by atoms with Gasteiger partial charge in [0.15, 0.2) is 0 Å². The van der Waals surface area contributed by atoms with Gasteiger partial charge in [0.05, 0.1) is 5.75 Å². The molecular weight excluding hydrogens is 399 g/mol. The van der Waals surface area contributed by atoms with Gasteiger partial charge in [-0.3, -0.25) is 9.59 Å². The number of halogens is 1. The van der Waals surface area contributed by atoms with Crippen molar-refractivity contribution in [1.29, 1.82) is 0 Å². The van der Waals surface area contributed by atoms with Crippen LogP contribution < -0.4 is 5.32 Å². The lowest BCUT2D eigenvalue weighted by atomic mass is 10.1. The third-order valence-corrected chi connectivity index (χ3v) is 5.83. The first-order chi connectivity index (χ1) is 14.6. The zero-order valence-corrected chi connectivity index (χ0v) is 18.6. The van der Waals surface area contributed by atoms with Crippen LogP contribution in [-0.2, 0) is 21.8 Å². The maximum atomic E-state index is 13.8. The first kappa shape index (κ1) is 23.9. The van der Waals surface area contributed by atoms with Crippen molar-refractivity contribution in [2.45, 2.75) is 44.9 Å². The lowest BCUT2D eigenvalue weighted by molar-refractivity contribution is -0.138. The fourth-order valence-electron chi connectivity index (χ4n) is 3.21. The molecule has 0 spiro atoms. The highest BCUT2D eigenvalue weighted by molar-refractivity contribution is 7.99. The Labute approximate surface area is 183 Å². The van der Waals surface area contributed by atoms with E-state index in [-0.39, 0.29) is 23.4 Å². The van der Waals surface area contributed by atoms with Gasteiger partial charge in [0.2, 0.25) is 11.8 Å². The van der Waals surface area contributed by atoms with Gasteiger partial charge >= 0.3 is 0 Å². The summed E-state index contributed by atoms with van der Waals surface area (Å²) in [6.45, 7) is 4.99. The van der Waals surface area contributed by atoms with E-state index in [4.69, 9.17) is 0 Å². The average Bonchev–Trinajstić information content (AvgIpc) is 2.76. The molecule has 162 valence electrons. The summed E-state index contributed by atoms with van der Waals surface area (Å²) in [6.07, 6.45) is 2.08. The van der Waals surface area contributed by atoms with Crippen LogP contribution in [-0.4, -0.2) is 41.6 Å². The van der Waals surface area contributed by atoms with Crippen molar-refractivity contribution < 1.29 is 14.0 Å². The number of rotatable bonds is 12. The van der Waals surface area contributed by atoms with Gasteiger partial charge in [-0.1, -0.05) is 62.4 Å². The van der Waals surface area contributed by atoms with Crippen molar-refractivity contribution in [3.05, 3.63) is 71.5 Å². The molecule has 0 aliphatic heterocycles. The van der Waals surface area contributed by atoms with Gasteiger partial charge in [-0.15, -0.1) is 11.8 Å². The Hall–Kier alpha value is -2.34. The molecule has 4 nitrogen and oxygen atoms in total. The highest BCUT2D eigenvalue weighted by atomic mass is 32.2. The average molecular weight is 431 g/mol. The van der Waals surface area contributed by atoms with Gasteiger partial charge in [-0.05, 0) is 36.5 Å². The number of carbonyl (C=O) groups is 2. The van der Waals surface area contributed by atoms with Crippen molar-refractivity contribution in [3.8, 4) is 0 Å². The first-order valence-corrected chi connectivity index (χ1v) is 11.6. The molecule has 0 saturated heterocycles. The Morgan fingerprint density at radius 2 is 1.77 bits per heavy atom. The van der Waals surface area contributed by atoms with Crippen LogP contribution >= 0.6 is 11.8 Å². The summed E-state index contributed by atoms with van der Waals surface area (Å²) in [6, 6.07) is 16.0. The molecule has 0 heterocycles. The minimum Gasteiger partial charge on any atom is -0.354 e. The van der Waals surface area contributed by atoms with Crippen LogP contribution in [0.2, 0.25) is 0 Å². The van der Waals surface area contributed by atoms with Crippen LogP contribution in [0.5, 0.6) is 0 Å². The minimum atomic E-state index is -0.498. The monoisotopic (exact) mass is 430 g/mol. The second-order valence-electron chi connectivity index (χ2n) is 7.12. The van der Waals surface area contributed by atoms with E-state index in [1.807, 2.05) is 44.2 Å². The van der Waals surface area contributed by atoms with Gasteiger partial charge < -0.3 is 10.2 Å². The Morgan fingerprint density at radius 1 is 1.07 bits per heavy atom. The van der Waals surface area contributed by atoms with E-state index in [2.05, 4.69) is 5.32 Å². The third-order valence-electron chi connectivity index (χ3n) is 4.86. The molecule has 0 radical (unpaired) electrons. The summed E-state index contributed by atoms with van der Waals surface area (Å²) in [4.78, 5) is 27.4. The molecule has 2 amide bonds. The summed E-state index contributed by atoms with van der Waals surface area (Å²) in [5, 5.41) is 2.92. The molecule has 30 heavy (non-hydrogen) atoms. The smallest absolute Gasteiger partial charge is 0.242 e. The molecule has 0 aliphatic rings. The second-order valence-corrected chi connectivity index (χ2v) is 8.11. The van der Waals surface area contributed by atoms with Crippen LogP contribution in [0.4, 0.5) is 4.39 Å². The Kier molecular flexibility index (Phi) is 10.4. The predicted molar refractivity (Wildman–Crippen MR) is 122 cm³/mol. The van der Waals surface area contributed by atoms with E-state index < -0.39 is 6.04 Å². The summed E-state index contributed by atoms with van der Waals surface area (Å²) in [7, 11) is 0. The largest absolute Gasteiger partial charge is 0.354 e. The number of nitrogens with zero attached hydrogens (tertiary/aromatic N) is 1. The summed E-state index contributed by atoms with van der Waals surface area (Å²) < 4.78 is 13.8. The van der Waals surface area contributed by atoms with Gasteiger partial charge in [0, 0.05) is 18.8 Å². The number of nitrogens with one attached hydrogen (secondary N) is 1. The molecule has 0 bridgehead atoms. The minimum absolute atomic E-state index is 0.0919. The van der Waals surface area contributed by atoms with Crippen molar-refractivity contribution in [2.75, 3.05) is 18.8 Å². The van der Waals surface area contributed by atoms with Crippen LogP contribution in [0.3, 0.4) is 0 Å². The second kappa shape index (κ2) is 13.1. The lowest BCUT2D eigenvalue weighted by Gasteiger charge is -2.30. The SMILES string of the molecule is CCCNC(=O)[C@H](CC)N(CCc1ccccc1)C(=O)CSCc1ccccc1F. The molecule has 0 aliphatic carbocycles. The van der Waals surface area contributed by atoms with E-state index in [1.54, 1.807) is 23.1 Å². The number of hydrogen-bond donors (Lipinski definition) is 1. The Bertz CT molecular complexity index is 801. The summed E-state index contributed by atoms with van der Waals surface area (Å²) >= 11 is 1.37. The summed E-state index contributed by atoms with van der Waals surface area (Å²) in [5.74, 6) is 0.166. The molecule has 1 N–H and O–H groups in total. The molecule has 2 aromatic rings. The number of amides is 2. The molecule has 6 heteroatoms. The fraction of sp³-hybridized carbons (Fsp3) is 0.417. The molecule has 0 unspecified atom stereocenters. The van der Waals surface area contributed by atoms with Crippen molar-refractivity contribution in [2.24, 2.45) is 0 Å². The number of benzene rings is 2. The van der Waals surface area contributed by atoms with Gasteiger partial charge in [0.1, 0.15) is 11.9 Å². The molecule has 0 saturated carbocycles. The van der Waals surface area contributed by atoms with E-state index in [1.165, 1.54) is 17.8 Å². The topological polar surface area (TPSA) is 49.4 Å². The Morgan fingerprint density at radius 3 is 2.43 bits per heavy atom. The fourth-order valence-corrected chi connectivity index (χ4v) is 4.11. The van der Waals surface area contributed by atoms with Crippen LogP contribution in [0.15, 0.2) is 54.6 Å². The van der Waals surface area contributed by atoms with Crippen LogP contribution in [0.25, 0.3) is 0 Å². The highest BCUT2D eigenvalue weighted by Gasteiger charge is 2.27. The normalized spacial score (nSPS) is 11.7. The van der Waals surface area contributed by atoms with E-state index in [0.29, 0.717) is 37.2 Å². The highest BCUT2D eigenvalue weighted by Crippen LogP contribution is 2.17. The van der Waals surface area contributed by atoms with Crippen molar-refractivity contribution in [1.82, 2.24) is 10.2 Å². The van der Waals surface area contributed by atoms with E-state index >= 15 is 0 Å². The van der Waals surface area contributed by atoms with E-state index in [9.17, 15) is 14.0 Å². The van der Waals surface area contributed by atoms with Crippen LogP contribution in [0.1, 0.15) is 37.8 Å². The summed E-state index contributed by atoms with van der Waals surface area (Å²) in [5.41, 5.74) is 1.71. The van der Waals surface area contributed by atoms with Crippen molar-refractivity contribution >= 4 is 23.6 Å². The first-order valence-electron chi connectivity index (χ1n) is 10.5. The number of hydrogen-bond acceptors (Lipinski definition) is 3. The molecule has 2 rings (SSSR count). The van der Waals surface area contributed by atoms with Crippen molar-refractivity contribution in [3.63, 3.8) is 0 Å². The molecular formula is C24H31FN2O2S. The molecule has 2 aromatic carbocycles. The third kappa shape index (κ3) is 7.48.